The zero-order chi connectivity index (χ0) is 23.1. The second kappa shape index (κ2) is 8.11. The van der Waals surface area contributed by atoms with Crippen molar-refractivity contribution in [2.24, 2.45) is 11.8 Å². The van der Waals surface area contributed by atoms with Crippen molar-refractivity contribution in [3.05, 3.63) is 53.7 Å². The highest BCUT2D eigenvalue weighted by molar-refractivity contribution is 5.98. The van der Waals surface area contributed by atoms with Gasteiger partial charge in [0, 0.05) is 49.8 Å². The average molecular weight is 453 g/mol. The summed E-state index contributed by atoms with van der Waals surface area (Å²) in [5.41, 5.74) is 0.829. The Morgan fingerprint density at radius 1 is 1.09 bits per heavy atom. The lowest BCUT2D eigenvalue weighted by atomic mass is 10.0. The first-order valence-corrected chi connectivity index (χ1v) is 10.3. The van der Waals surface area contributed by atoms with Crippen LogP contribution >= 0.6 is 0 Å². The Kier molecular flexibility index (Phi) is 5.11. The third-order valence-electron chi connectivity index (χ3n) is 5.91. The minimum atomic E-state index is -1.44. The molecule has 2 unspecified atom stereocenters. The number of amides is 1. The Morgan fingerprint density at radius 3 is 2.45 bits per heavy atom. The number of halogens is 1. The van der Waals surface area contributed by atoms with Crippen LogP contribution in [0.25, 0.3) is 5.69 Å². The fourth-order valence-corrected chi connectivity index (χ4v) is 4.52. The second-order valence-corrected chi connectivity index (χ2v) is 8.10. The van der Waals surface area contributed by atoms with Crippen molar-refractivity contribution in [1.82, 2.24) is 29.9 Å². The van der Waals surface area contributed by atoms with E-state index < -0.39 is 17.9 Å². The van der Waals surface area contributed by atoms with Gasteiger partial charge < -0.3 is 19.6 Å². The Morgan fingerprint density at radius 2 is 1.79 bits per heavy atom. The standard InChI is InChI=1S/C21H20FN7O4/c1-12-7-17(33-21(31)32)26-20(25-12)28-10-13-8-27(9-14(13)11-28)19(30)18-15(22)3-2-4-16(18)29-23-5-6-24-29/h2-7,13-14H,8-11H2,1H3,(H,31,32). The van der Waals surface area contributed by atoms with E-state index in [1.54, 1.807) is 17.9 Å². The number of aryl methyl sites for hydroxylation is 1. The highest BCUT2D eigenvalue weighted by atomic mass is 19.1. The first kappa shape index (κ1) is 20.8. The Balaban J connectivity index is 1.32. The maximum Gasteiger partial charge on any atom is 0.512 e. The molecule has 2 aliphatic rings. The molecule has 0 aliphatic carbocycles. The number of aromatic nitrogens is 5. The minimum Gasteiger partial charge on any atom is -0.449 e. The summed E-state index contributed by atoms with van der Waals surface area (Å²) in [5, 5.41) is 16.9. The molecule has 0 spiro atoms. The van der Waals surface area contributed by atoms with E-state index >= 15 is 0 Å². The number of anilines is 1. The van der Waals surface area contributed by atoms with E-state index in [-0.39, 0.29) is 23.3 Å². The van der Waals surface area contributed by atoms with Gasteiger partial charge in [-0.1, -0.05) is 6.07 Å². The number of hydrogen-bond donors (Lipinski definition) is 1. The number of carbonyl (C=O) groups is 2. The van der Waals surface area contributed by atoms with Crippen molar-refractivity contribution in [3.8, 4) is 11.6 Å². The maximum absolute atomic E-state index is 14.7. The highest BCUT2D eigenvalue weighted by Crippen LogP contribution is 2.34. The molecule has 1 amide bonds. The Hall–Kier alpha value is -4.09. The monoisotopic (exact) mass is 453 g/mol. The summed E-state index contributed by atoms with van der Waals surface area (Å²) in [4.78, 5) is 37.6. The van der Waals surface area contributed by atoms with Gasteiger partial charge in [-0.3, -0.25) is 4.79 Å². The van der Waals surface area contributed by atoms with Crippen LogP contribution in [-0.4, -0.2) is 73.2 Å². The zero-order valence-electron chi connectivity index (χ0n) is 17.6. The fourth-order valence-electron chi connectivity index (χ4n) is 4.52. The second-order valence-electron chi connectivity index (χ2n) is 8.10. The van der Waals surface area contributed by atoms with Gasteiger partial charge in [0.05, 0.1) is 12.4 Å². The molecule has 3 aromatic rings. The largest absolute Gasteiger partial charge is 0.512 e. The zero-order valence-corrected chi connectivity index (χ0v) is 17.6. The summed E-state index contributed by atoms with van der Waals surface area (Å²) in [6.07, 6.45) is 1.49. The van der Waals surface area contributed by atoms with Crippen LogP contribution in [0.15, 0.2) is 36.7 Å². The van der Waals surface area contributed by atoms with Gasteiger partial charge in [-0.25, -0.2) is 14.2 Å². The molecule has 1 N–H and O–H groups in total. The molecule has 2 aromatic heterocycles. The van der Waals surface area contributed by atoms with Crippen molar-refractivity contribution in [3.63, 3.8) is 0 Å². The number of likely N-dealkylation sites (tertiary alicyclic amines) is 1. The van der Waals surface area contributed by atoms with E-state index in [9.17, 15) is 14.0 Å². The summed E-state index contributed by atoms with van der Waals surface area (Å²) in [7, 11) is 0. The molecule has 12 heteroatoms. The lowest BCUT2D eigenvalue weighted by Crippen LogP contribution is -2.35. The lowest BCUT2D eigenvalue weighted by Gasteiger charge is -2.23. The van der Waals surface area contributed by atoms with E-state index in [1.165, 1.54) is 35.4 Å². The highest BCUT2D eigenvalue weighted by Gasteiger charge is 2.43. The normalized spacial score (nSPS) is 19.6. The van der Waals surface area contributed by atoms with Gasteiger partial charge >= 0.3 is 6.16 Å². The van der Waals surface area contributed by atoms with E-state index in [1.807, 2.05) is 4.90 Å². The van der Waals surface area contributed by atoms with Gasteiger partial charge in [0.15, 0.2) is 0 Å². The van der Waals surface area contributed by atoms with Crippen LogP contribution < -0.4 is 9.64 Å². The molecule has 0 saturated carbocycles. The number of carbonyl (C=O) groups excluding carboxylic acids is 1. The van der Waals surface area contributed by atoms with Crippen molar-refractivity contribution in [2.75, 3.05) is 31.1 Å². The quantitative estimate of drug-likeness (QED) is 0.588. The topological polar surface area (TPSA) is 127 Å². The van der Waals surface area contributed by atoms with Crippen molar-refractivity contribution < 1.29 is 23.8 Å². The number of carboxylic acid groups (broad SMARTS) is 1. The molecule has 4 heterocycles. The van der Waals surface area contributed by atoms with Gasteiger partial charge in [-0.05, 0) is 19.1 Å². The molecule has 2 saturated heterocycles. The van der Waals surface area contributed by atoms with Crippen LogP contribution in [0.1, 0.15) is 16.1 Å². The predicted molar refractivity (Wildman–Crippen MR) is 112 cm³/mol. The minimum absolute atomic E-state index is 0.0295. The smallest absolute Gasteiger partial charge is 0.449 e. The van der Waals surface area contributed by atoms with Crippen molar-refractivity contribution in [2.45, 2.75) is 6.92 Å². The van der Waals surface area contributed by atoms with E-state index in [2.05, 4.69) is 24.9 Å². The molecule has 2 fully saturated rings. The average Bonchev–Trinajstić information content (AvgIpc) is 3.48. The molecule has 0 bridgehead atoms. The number of fused-ring (bicyclic) bond motifs is 1. The molecule has 1 aromatic carbocycles. The van der Waals surface area contributed by atoms with E-state index in [4.69, 9.17) is 5.11 Å². The van der Waals surface area contributed by atoms with E-state index in [0.717, 1.165) is 0 Å². The molecular formula is C21H20FN7O4. The van der Waals surface area contributed by atoms with Gasteiger partial charge in [0.25, 0.3) is 5.91 Å². The number of nitrogens with zero attached hydrogens (tertiary/aromatic N) is 7. The summed E-state index contributed by atoms with van der Waals surface area (Å²) in [6, 6.07) is 5.84. The first-order valence-electron chi connectivity index (χ1n) is 10.3. The fraction of sp³-hybridized carbons (Fsp3) is 0.333. The number of rotatable bonds is 4. The SMILES string of the molecule is Cc1cc(OC(=O)O)nc(N2CC3CN(C(=O)c4c(F)cccc4-n4nccn4)CC3C2)n1. The van der Waals surface area contributed by atoms with Gasteiger partial charge in [0.1, 0.15) is 17.1 Å². The van der Waals surface area contributed by atoms with Crippen LogP contribution in [0.5, 0.6) is 5.88 Å². The molecule has 2 aliphatic heterocycles. The Labute approximate surface area is 187 Å². The van der Waals surface area contributed by atoms with Crippen LogP contribution in [0.3, 0.4) is 0 Å². The van der Waals surface area contributed by atoms with Crippen LogP contribution in [0, 0.1) is 24.6 Å². The summed E-state index contributed by atoms with van der Waals surface area (Å²) in [6.45, 7) is 3.84. The van der Waals surface area contributed by atoms with Crippen LogP contribution in [0.4, 0.5) is 15.1 Å². The maximum atomic E-state index is 14.7. The summed E-state index contributed by atoms with van der Waals surface area (Å²) < 4.78 is 19.4. The summed E-state index contributed by atoms with van der Waals surface area (Å²) in [5.74, 6) is -0.351. The predicted octanol–water partition coefficient (Wildman–Crippen LogP) is 1.77. The third kappa shape index (κ3) is 3.95. The van der Waals surface area contributed by atoms with Gasteiger partial charge in [-0.15, -0.1) is 0 Å². The first-order chi connectivity index (χ1) is 15.9. The van der Waals surface area contributed by atoms with Gasteiger partial charge in [-0.2, -0.15) is 20.0 Å². The number of hydrogen-bond acceptors (Lipinski definition) is 8. The molecular weight excluding hydrogens is 433 g/mol. The molecule has 2 atom stereocenters. The van der Waals surface area contributed by atoms with Gasteiger partial charge in [0.2, 0.25) is 11.8 Å². The van der Waals surface area contributed by atoms with E-state index in [0.29, 0.717) is 43.5 Å². The molecule has 33 heavy (non-hydrogen) atoms. The van der Waals surface area contributed by atoms with Crippen LogP contribution in [0.2, 0.25) is 0 Å². The van der Waals surface area contributed by atoms with Crippen LogP contribution in [-0.2, 0) is 0 Å². The Bertz CT molecular complexity index is 1210. The molecule has 170 valence electrons. The summed E-state index contributed by atoms with van der Waals surface area (Å²) >= 11 is 0. The van der Waals surface area contributed by atoms with Crippen molar-refractivity contribution >= 4 is 18.0 Å². The molecule has 0 radical (unpaired) electrons. The number of ether oxygens (including phenoxy) is 1. The number of benzene rings is 1. The molecule has 11 nitrogen and oxygen atoms in total. The van der Waals surface area contributed by atoms with Crippen molar-refractivity contribution in [1.29, 1.82) is 0 Å². The lowest BCUT2D eigenvalue weighted by molar-refractivity contribution is 0.0777. The molecule has 5 rings (SSSR count). The third-order valence-corrected chi connectivity index (χ3v) is 5.91.